The van der Waals surface area contributed by atoms with Crippen molar-refractivity contribution in [2.75, 3.05) is 18.5 Å². The van der Waals surface area contributed by atoms with E-state index in [1.165, 1.54) is 0 Å². The van der Waals surface area contributed by atoms with Gasteiger partial charge in [0.2, 0.25) is 0 Å². The van der Waals surface area contributed by atoms with Crippen molar-refractivity contribution in [1.29, 1.82) is 0 Å². The average molecular weight is 472 g/mol. The fourth-order valence-corrected chi connectivity index (χ4v) is 4.92. The maximum absolute atomic E-state index is 13.8. The molecule has 6 rings (SSSR count). The van der Waals surface area contributed by atoms with Crippen LogP contribution in [0.3, 0.4) is 0 Å². The second-order valence-corrected chi connectivity index (χ2v) is 8.68. The summed E-state index contributed by atoms with van der Waals surface area (Å²) in [6.45, 7) is 1.42. The quantitative estimate of drug-likeness (QED) is 0.388. The predicted octanol–water partition coefficient (Wildman–Crippen LogP) is 6.04. The number of ether oxygens (including phenoxy) is 2. The second-order valence-electron chi connectivity index (χ2n) is 8.27. The summed E-state index contributed by atoms with van der Waals surface area (Å²) in [5.41, 5.74) is 4.57. The largest absolute Gasteiger partial charge is 0.486 e. The lowest BCUT2D eigenvalue weighted by Gasteiger charge is -2.31. The first kappa shape index (κ1) is 20.7. The summed E-state index contributed by atoms with van der Waals surface area (Å²) < 4.78 is 13.4. The number of hydrogen-bond acceptors (Lipinski definition) is 3. The van der Waals surface area contributed by atoms with Gasteiger partial charge in [-0.25, -0.2) is 4.79 Å². The smallest absolute Gasteiger partial charge is 0.322 e. The molecule has 0 saturated carbocycles. The van der Waals surface area contributed by atoms with E-state index in [1.807, 2.05) is 71.8 Å². The minimum atomic E-state index is -0.381. The van der Waals surface area contributed by atoms with Crippen molar-refractivity contribution in [2.45, 2.75) is 12.6 Å². The van der Waals surface area contributed by atoms with E-state index in [-0.39, 0.29) is 12.1 Å². The lowest BCUT2D eigenvalue weighted by molar-refractivity contribution is 0.171. The summed E-state index contributed by atoms with van der Waals surface area (Å²) in [4.78, 5) is 15.6. The van der Waals surface area contributed by atoms with E-state index < -0.39 is 0 Å². The number of carbonyl (C=O) groups excluding carboxylic acids is 1. The summed E-state index contributed by atoms with van der Waals surface area (Å²) in [5.74, 6) is 1.31. The van der Waals surface area contributed by atoms with Gasteiger partial charge < -0.3 is 24.3 Å². The number of nitrogens with one attached hydrogen (secondary N) is 1. The molecule has 0 bridgehead atoms. The first-order chi connectivity index (χ1) is 16.7. The molecule has 0 saturated heterocycles. The molecule has 1 atom stereocenters. The lowest BCUT2D eigenvalue weighted by atomic mass is 10.0. The third kappa shape index (κ3) is 3.56. The van der Waals surface area contributed by atoms with Crippen LogP contribution >= 0.6 is 11.6 Å². The monoisotopic (exact) mass is 471 g/mol. The van der Waals surface area contributed by atoms with Crippen LogP contribution in [0.5, 0.6) is 11.5 Å². The molecule has 0 radical (unpaired) electrons. The van der Waals surface area contributed by atoms with Crippen molar-refractivity contribution < 1.29 is 14.3 Å². The molecule has 3 heterocycles. The topological polar surface area (TPSA) is 55.7 Å². The molecule has 2 aliphatic rings. The van der Waals surface area contributed by atoms with Gasteiger partial charge in [0.15, 0.2) is 11.5 Å². The van der Waals surface area contributed by atoms with E-state index in [4.69, 9.17) is 21.1 Å². The Hall–Kier alpha value is -3.90. The van der Waals surface area contributed by atoms with Crippen LogP contribution in [0.1, 0.15) is 22.9 Å². The predicted molar refractivity (Wildman–Crippen MR) is 131 cm³/mol. The van der Waals surface area contributed by atoms with Gasteiger partial charge in [0.25, 0.3) is 0 Å². The van der Waals surface area contributed by atoms with Crippen molar-refractivity contribution >= 4 is 23.3 Å². The van der Waals surface area contributed by atoms with Crippen LogP contribution in [-0.2, 0) is 6.54 Å². The fraction of sp³-hybridized carbons (Fsp3) is 0.148. The van der Waals surface area contributed by atoms with Gasteiger partial charge in [0, 0.05) is 23.0 Å². The van der Waals surface area contributed by atoms with Crippen LogP contribution < -0.4 is 14.8 Å². The number of halogens is 1. The Morgan fingerprint density at radius 2 is 1.71 bits per heavy atom. The minimum Gasteiger partial charge on any atom is -0.486 e. The number of benzene rings is 3. The highest BCUT2D eigenvalue weighted by Crippen LogP contribution is 2.40. The van der Waals surface area contributed by atoms with Gasteiger partial charge in [0.05, 0.1) is 17.9 Å². The van der Waals surface area contributed by atoms with Crippen LogP contribution in [-0.4, -0.2) is 28.7 Å². The van der Waals surface area contributed by atoms with Crippen molar-refractivity contribution in [2.24, 2.45) is 0 Å². The maximum atomic E-state index is 13.8. The number of urea groups is 1. The number of fused-ring (bicyclic) bond motifs is 4. The number of carbonyl (C=O) groups is 1. The summed E-state index contributed by atoms with van der Waals surface area (Å²) >= 11 is 6.67. The fourth-order valence-electron chi connectivity index (χ4n) is 4.68. The number of hydrogen-bond donors (Lipinski definition) is 1. The van der Waals surface area contributed by atoms with Gasteiger partial charge in [-0.2, -0.15) is 0 Å². The van der Waals surface area contributed by atoms with Crippen LogP contribution in [0.4, 0.5) is 10.5 Å². The zero-order valence-electron chi connectivity index (χ0n) is 18.3. The summed E-state index contributed by atoms with van der Waals surface area (Å²) in [6, 6.07) is 24.7. The SMILES string of the molecule is O=C(Nc1ccc2c(c1)OCCO2)N1Cc2ccccc2-n2cccc2[C@@H]1c1ccccc1Cl. The third-order valence-electron chi connectivity index (χ3n) is 6.22. The molecule has 0 spiro atoms. The highest BCUT2D eigenvalue weighted by atomic mass is 35.5. The molecule has 1 N–H and O–H groups in total. The average Bonchev–Trinajstić information content (AvgIpc) is 3.29. The Labute approximate surface area is 202 Å². The molecule has 34 heavy (non-hydrogen) atoms. The standard InChI is InChI=1S/C27H22ClN3O3/c28-21-8-3-2-7-20(21)26-23-10-5-13-30(23)22-9-4-1-6-18(22)17-31(26)27(32)29-19-11-12-24-25(16-19)34-15-14-33-24/h1-13,16,26H,14-15,17H2,(H,29,32)/t26-/m0/s1. The molecule has 4 aromatic rings. The van der Waals surface area contributed by atoms with E-state index in [2.05, 4.69) is 22.0 Å². The molecule has 0 aliphatic carbocycles. The van der Waals surface area contributed by atoms with E-state index in [9.17, 15) is 4.79 Å². The second kappa shape index (κ2) is 8.47. The number of nitrogens with zero attached hydrogens (tertiary/aromatic N) is 2. The van der Waals surface area contributed by atoms with E-state index in [0.717, 1.165) is 22.5 Å². The molecule has 170 valence electrons. The van der Waals surface area contributed by atoms with Gasteiger partial charge in [-0.3, -0.25) is 0 Å². The molecule has 3 aromatic carbocycles. The van der Waals surface area contributed by atoms with Crippen LogP contribution in [0.2, 0.25) is 5.02 Å². The van der Waals surface area contributed by atoms with Crippen LogP contribution in [0, 0.1) is 0 Å². The normalized spacial score (nSPS) is 16.3. The zero-order valence-corrected chi connectivity index (χ0v) is 19.0. The highest BCUT2D eigenvalue weighted by Gasteiger charge is 2.34. The van der Waals surface area contributed by atoms with Gasteiger partial charge in [0.1, 0.15) is 19.3 Å². The molecule has 7 heteroatoms. The van der Waals surface area contributed by atoms with E-state index >= 15 is 0 Å². The van der Waals surface area contributed by atoms with E-state index in [1.54, 1.807) is 6.07 Å². The molecular formula is C27H22ClN3O3. The number of amides is 2. The molecule has 6 nitrogen and oxygen atoms in total. The Bertz CT molecular complexity index is 1380. The lowest BCUT2D eigenvalue weighted by Crippen LogP contribution is -2.38. The highest BCUT2D eigenvalue weighted by molar-refractivity contribution is 6.31. The number of rotatable bonds is 2. The number of para-hydroxylation sites is 1. The summed E-state index contributed by atoms with van der Waals surface area (Å²) in [5, 5.41) is 3.68. The van der Waals surface area contributed by atoms with Crippen molar-refractivity contribution in [3.05, 3.63) is 107 Å². The first-order valence-corrected chi connectivity index (χ1v) is 11.5. The maximum Gasteiger partial charge on any atom is 0.322 e. The van der Waals surface area contributed by atoms with Crippen LogP contribution in [0.25, 0.3) is 5.69 Å². The minimum absolute atomic E-state index is 0.231. The molecule has 1 aromatic heterocycles. The van der Waals surface area contributed by atoms with Gasteiger partial charge >= 0.3 is 6.03 Å². The van der Waals surface area contributed by atoms with Gasteiger partial charge in [-0.1, -0.05) is 48.0 Å². The summed E-state index contributed by atoms with van der Waals surface area (Å²) in [6.07, 6.45) is 2.03. The molecular weight excluding hydrogens is 450 g/mol. The van der Waals surface area contributed by atoms with E-state index in [0.29, 0.717) is 42.0 Å². The third-order valence-corrected chi connectivity index (χ3v) is 6.56. The molecule has 0 unspecified atom stereocenters. The Balaban J connectivity index is 1.44. The number of anilines is 1. The Morgan fingerprint density at radius 1 is 0.912 bits per heavy atom. The summed E-state index contributed by atoms with van der Waals surface area (Å²) in [7, 11) is 0. The first-order valence-electron chi connectivity index (χ1n) is 11.2. The molecule has 2 amide bonds. The Morgan fingerprint density at radius 3 is 2.59 bits per heavy atom. The molecule has 2 aliphatic heterocycles. The van der Waals surface area contributed by atoms with Crippen molar-refractivity contribution in [3.8, 4) is 17.2 Å². The van der Waals surface area contributed by atoms with Crippen molar-refractivity contribution in [3.63, 3.8) is 0 Å². The Kier molecular flexibility index (Phi) is 5.15. The number of aromatic nitrogens is 1. The van der Waals surface area contributed by atoms with Crippen LogP contribution in [0.15, 0.2) is 85.1 Å². The van der Waals surface area contributed by atoms with Crippen molar-refractivity contribution in [1.82, 2.24) is 9.47 Å². The zero-order chi connectivity index (χ0) is 23.1. The van der Waals surface area contributed by atoms with Gasteiger partial charge in [-0.15, -0.1) is 0 Å². The van der Waals surface area contributed by atoms with Gasteiger partial charge in [-0.05, 0) is 47.5 Å². The molecule has 0 fully saturated rings.